The summed E-state index contributed by atoms with van der Waals surface area (Å²) in [5, 5.41) is 8.74. The van der Waals surface area contributed by atoms with Crippen molar-refractivity contribution in [2.75, 3.05) is 0 Å². The van der Waals surface area contributed by atoms with Crippen molar-refractivity contribution >= 4 is 24.7 Å². The van der Waals surface area contributed by atoms with Gasteiger partial charge in [-0.3, -0.25) is 4.21 Å². The number of sulfonamides is 1. The molecule has 0 aromatic heterocycles. The molecule has 0 aliphatic carbocycles. The molecule has 0 heterocycles. The van der Waals surface area contributed by atoms with Crippen LogP contribution in [0.1, 0.15) is 11.1 Å². The molecule has 1 unspecified atom stereocenters. The normalized spacial score (nSPS) is 14.6. The fraction of sp³-hybridized carbons (Fsp3) is 0.250. The molecule has 1 rings (SSSR count). The van der Waals surface area contributed by atoms with Gasteiger partial charge < -0.3 is 0 Å². The second-order valence-electron chi connectivity index (χ2n) is 4.86. The minimum absolute atomic E-state index is 0. The van der Waals surface area contributed by atoms with E-state index in [1.165, 1.54) is 0 Å². The molecule has 30 heavy (non-hydrogen) atoms. The van der Waals surface area contributed by atoms with Crippen LogP contribution in [0.5, 0.6) is 0 Å². The Morgan fingerprint density at radius 1 is 0.933 bits per heavy atom. The number of benzene rings is 1. The van der Waals surface area contributed by atoms with Crippen LogP contribution in [0, 0.1) is 17.9 Å². The topological polar surface area (TPSA) is 91.4 Å². The van der Waals surface area contributed by atoms with Crippen LogP contribution in [0.4, 0.5) is 39.5 Å². The van der Waals surface area contributed by atoms with Gasteiger partial charge in [-0.1, -0.05) is 0 Å². The fourth-order valence-corrected chi connectivity index (χ4v) is 5.03. The summed E-state index contributed by atoms with van der Waals surface area (Å²) in [5.41, 5.74) is -10.5. The molecule has 0 radical (unpaired) electrons. The monoisotopic (exact) mass is 496 g/mol. The van der Waals surface area contributed by atoms with Crippen LogP contribution in [0.3, 0.4) is 0 Å². The number of nitrogens with zero attached hydrogens (tertiary/aromatic N) is 2. The van der Waals surface area contributed by atoms with Crippen LogP contribution < -0.4 is 33.7 Å². The van der Waals surface area contributed by atoms with E-state index in [1.54, 1.807) is 0 Å². The van der Waals surface area contributed by atoms with Gasteiger partial charge in [-0.05, 0) is 18.2 Å². The van der Waals surface area contributed by atoms with Crippen molar-refractivity contribution < 1.29 is 81.7 Å². The predicted octanol–water partition coefficient (Wildman–Crippen LogP) is 0.298. The molecule has 0 fully saturated rings. The second-order valence-corrected chi connectivity index (χ2v) is 8.97. The number of nitriles is 1. The Morgan fingerprint density at radius 2 is 1.33 bits per heavy atom. The SMILES string of the molecule is [C-]#[N+]C(C#N)=S(=O)(NS(=O)(=O)C(F)(F)F)c1cc(C(F)(F)F)cc(C(F)(F)F)c1.[Na+]. The number of halogens is 9. The molecular formula is C12H4F9N3NaO3S2+. The summed E-state index contributed by atoms with van der Waals surface area (Å²) in [7, 11) is -12.2. The first kappa shape index (κ1) is 28.5. The van der Waals surface area contributed by atoms with Crippen molar-refractivity contribution in [3.8, 4) is 6.07 Å². The first-order valence-corrected chi connectivity index (χ1v) is 9.42. The smallest absolute Gasteiger partial charge is 0.257 e. The fourth-order valence-electron chi connectivity index (χ4n) is 1.65. The number of hydrogen-bond acceptors (Lipinski definition) is 4. The van der Waals surface area contributed by atoms with Gasteiger partial charge in [-0.25, -0.2) is 18.5 Å². The molecular weight excluding hydrogens is 492 g/mol. The Morgan fingerprint density at radius 3 is 1.60 bits per heavy atom. The van der Waals surface area contributed by atoms with Crippen molar-refractivity contribution in [3.05, 3.63) is 40.7 Å². The average Bonchev–Trinajstić information content (AvgIpc) is 2.52. The summed E-state index contributed by atoms with van der Waals surface area (Å²) in [4.78, 5) is -1.56. The Labute approximate surface area is 185 Å². The standard InChI is InChI=1S/C12H4F9N3O3S2.Na/c1-23-9(5-22)28(25,24-29(26,27)12(19,20)21)8-3-6(10(13,14)15)2-7(4-8)11(16,17)18;/h2-4H,(H,24,25);/q;+1. The van der Waals surface area contributed by atoms with E-state index < -0.39 is 64.7 Å². The molecule has 0 saturated carbocycles. The molecule has 1 N–H and O–H groups in total. The Balaban J connectivity index is 0.00000841. The molecule has 1 aromatic rings. The molecule has 0 bridgehead atoms. The van der Waals surface area contributed by atoms with Gasteiger partial charge in [-0.15, -0.1) is 4.13 Å². The van der Waals surface area contributed by atoms with Crippen LogP contribution in [-0.4, -0.2) is 23.1 Å². The average molecular weight is 496 g/mol. The van der Waals surface area contributed by atoms with Crippen LogP contribution in [-0.2, 0) is 32.1 Å². The summed E-state index contributed by atoms with van der Waals surface area (Å²) in [6.45, 7) is 6.61. The van der Waals surface area contributed by atoms with Crippen LogP contribution >= 0.6 is 0 Å². The van der Waals surface area contributed by atoms with Gasteiger partial charge in [0.15, 0.2) is 0 Å². The van der Waals surface area contributed by atoms with Crippen molar-refractivity contribution in [3.63, 3.8) is 0 Å². The van der Waals surface area contributed by atoms with Gasteiger partial charge in [0, 0.05) is 4.90 Å². The molecule has 1 atom stereocenters. The quantitative estimate of drug-likeness (QED) is 0.282. The predicted molar refractivity (Wildman–Crippen MR) is 78.2 cm³/mol. The van der Waals surface area contributed by atoms with Crippen LogP contribution in [0.15, 0.2) is 23.1 Å². The van der Waals surface area contributed by atoms with Gasteiger partial charge >= 0.3 is 62.4 Å². The number of alkyl halides is 9. The summed E-state index contributed by atoms with van der Waals surface area (Å²) in [6, 6.07) is -0.493. The van der Waals surface area contributed by atoms with E-state index in [-0.39, 0.29) is 41.7 Å². The van der Waals surface area contributed by atoms with Crippen molar-refractivity contribution in [2.24, 2.45) is 0 Å². The maximum Gasteiger partial charge on any atom is 1.00 e. The molecule has 0 aliphatic rings. The minimum Gasteiger partial charge on any atom is -0.257 e. The third-order valence-corrected chi connectivity index (χ3v) is 6.95. The molecule has 18 heteroatoms. The molecule has 0 spiro atoms. The van der Waals surface area contributed by atoms with Gasteiger partial charge in [0.1, 0.15) is 0 Å². The maximum absolute atomic E-state index is 12.9. The summed E-state index contributed by atoms with van der Waals surface area (Å²) >= 11 is 0. The zero-order chi connectivity index (χ0) is 23.1. The van der Waals surface area contributed by atoms with E-state index in [0.29, 0.717) is 10.2 Å². The van der Waals surface area contributed by atoms with E-state index in [2.05, 4.69) is 4.85 Å². The summed E-state index contributed by atoms with van der Waals surface area (Å²) in [6.07, 6.45) is -11.1. The first-order valence-electron chi connectivity index (χ1n) is 6.37. The maximum atomic E-state index is 12.9. The zero-order valence-electron chi connectivity index (χ0n) is 14.1. The third-order valence-electron chi connectivity index (χ3n) is 2.89. The summed E-state index contributed by atoms with van der Waals surface area (Å²) < 4.78 is 151. The van der Waals surface area contributed by atoms with E-state index in [9.17, 15) is 52.1 Å². The molecule has 0 saturated heterocycles. The largest absolute Gasteiger partial charge is 1.00 e. The van der Waals surface area contributed by atoms with Crippen molar-refractivity contribution in [2.45, 2.75) is 22.8 Å². The van der Waals surface area contributed by atoms with Gasteiger partial charge in [-0.2, -0.15) is 39.5 Å². The number of hydrogen-bond donors (Lipinski definition) is 1. The second kappa shape index (κ2) is 8.93. The molecule has 0 amide bonds. The van der Waals surface area contributed by atoms with E-state index in [4.69, 9.17) is 11.8 Å². The first-order chi connectivity index (χ1) is 12.8. The van der Waals surface area contributed by atoms with E-state index in [0.717, 1.165) is 0 Å². The Hall–Kier alpha value is -1.50. The zero-order valence-corrected chi connectivity index (χ0v) is 17.7. The molecule has 6 nitrogen and oxygen atoms in total. The summed E-state index contributed by atoms with van der Waals surface area (Å²) in [5.74, 6) is 0. The van der Waals surface area contributed by atoms with Crippen molar-refractivity contribution in [1.82, 2.24) is 4.13 Å². The van der Waals surface area contributed by atoms with Gasteiger partial charge in [0.2, 0.25) is 0 Å². The van der Waals surface area contributed by atoms with Crippen LogP contribution in [0.2, 0.25) is 0 Å². The van der Waals surface area contributed by atoms with E-state index >= 15 is 0 Å². The van der Waals surface area contributed by atoms with Gasteiger partial charge in [0.05, 0.1) is 33.5 Å². The number of rotatable bonds is 3. The molecule has 1 aromatic carbocycles. The van der Waals surface area contributed by atoms with Crippen LogP contribution in [0.25, 0.3) is 4.85 Å². The van der Waals surface area contributed by atoms with Crippen molar-refractivity contribution in [1.29, 1.82) is 5.26 Å². The van der Waals surface area contributed by atoms with E-state index in [1.807, 2.05) is 0 Å². The molecule has 160 valence electrons. The minimum atomic E-state index is -6.67. The Kier molecular flexibility index (Phi) is 8.48. The Bertz CT molecular complexity index is 1080. The molecule has 0 aliphatic heterocycles. The third kappa shape index (κ3) is 6.02. The number of nitrogens with one attached hydrogen (secondary N) is 1. The van der Waals surface area contributed by atoms with Gasteiger partial charge in [0.25, 0.3) is 0 Å².